The zero-order valence-electron chi connectivity index (χ0n) is 12.8. The Balaban J connectivity index is 1.94. The van der Waals surface area contributed by atoms with Crippen molar-refractivity contribution in [2.75, 3.05) is 0 Å². The third-order valence-electron chi connectivity index (χ3n) is 4.02. The van der Waals surface area contributed by atoms with E-state index in [4.69, 9.17) is 10.9 Å². The number of hydrogen-bond donors (Lipinski definition) is 2. The van der Waals surface area contributed by atoms with E-state index in [1.54, 1.807) is 0 Å². The van der Waals surface area contributed by atoms with Gasteiger partial charge in [0, 0.05) is 10.0 Å². The van der Waals surface area contributed by atoms with E-state index in [0.29, 0.717) is 12.4 Å². The number of fused-ring (bicyclic) bond motifs is 5. The minimum absolute atomic E-state index is 0.0754. The van der Waals surface area contributed by atoms with Gasteiger partial charge in [-0.25, -0.2) is 14.6 Å². The van der Waals surface area contributed by atoms with Gasteiger partial charge in [-0.05, 0) is 25.1 Å². The summed E-state index contributed by atoms with van der Waals surface area (Å²) >= 11 is 3.52. The molecule has 1 aliphatic heterocycles. The fourth-order valence-electron chi connectivity index (χ4n) is 2.87. The molecular formula is C15H14BrN7O. The first-order valence-electron chi connectivity index (χ1n) is 7.30. The molecule has 0 amide bonds. The summed E-state index contributed by atoms with van der Waals surface area (Å²) in [6, 6.07) is 6.02. The van der Waals surface area contributed by atoms with E-state index < -0.39 is 0 Å². The molecule has 9 heteroatoms. The van der Waals surface area contributed by atoms with Crippen molar-refractivity contribution >= 4 is 21.8 Å². The van der Waals surface area contributed by atoms with Crippen molar-refractivity contribution < 1.29 is 5.21 Å². The Morgan fingerprint density at radius 1 is 1.46 bits per heavy atom. The van der Waals surface area contributed by atoms with Crippen LogP contribution in [0.15, 0.2) is 34.2 Å². The number of oxime groups is 1. The lowest BCUT2D eigenvalue weighted by atomic mass is 10.1. The first-order valence-corrected chi connectivity index (χ1v) is 8.09. The predicted octanol–water partition coefficient (Wildman–Crippen LogP) is 1.85. The van der Waals surface area contributed by atoms with Crippen LogP contribution in [-0.4, -0.2) is 35.4 Å². The Bertz CT molecular complexity index is 972. The van der Waals surface area contributed by atoms with Crippen LogP contribution in [0, 0.1) is 6.92 Å². The highest BCUT2D eigenvalue weighted by atomic mass is 79.9. The number of halogens is 1. The van der Waals surface area contributed by atoms with Gasteiger partial charge in [0.2, 0.25) is 0 Å². The van der Waals surface area contributed by atoms with Crippen molar-refractivity contribution in [1.29, 1.82) is 0 Å². The molecule has 8 nitrogen and oxygen atoms in total. The molecule has 0 unspecified atom stereocenters. The van der Waals surface area contributed by atoms with Crippen molar-refractivity contribution in [2.45, 2.75) is 19.9 Å². The summed E-state index contributed by atoms with van der Waals surface area (Å²) in [5.74, 6) is 1.33. The van der Waals surface area contributed by atoms with Gasteiger partial charge in [0.25, 0.3) is 0 Å². The molecule has 0 saturated carbocycles. The number of nitrogens with zero attached hydrogens (tertiary/aromatic N) is 6. The molecule has 0 radical (unpaired) electrons. The van der Waals surface area contributed by atoms with Crippen molar-refractivity contribution in [3.63, 3.8) is 0 Å². The average Bonchev–Trinajstić information content (AvgIpc) is 3.09. The maximum Gasteiger partial charge on any atom is 0.160 e. The number of rotatable bonds is 2. The Labute approximate surface area is 145 Å². The van der Waals surface area contributed by atoms with Crippen molar-refractivity contribution in [2.24, 2.45) is 10.9 Å². The quantitative estimate of drug-likeness (QED) is 0.236. The van der Waals surface area contributed by atoms with Gasteiger partial charge in [-0.2, -0.15) is 5.10 Å². The Hall–Kier alpha value is -2.68. The van der Waals surface area contributed by atoms with Gasteiger partial charge in [0.1, 0.15) is 5.84 Å². The number of amidine groups is 1. The molecule has 2 aromatic heterocycles. The lowest BCUT2D eigenvalue weighted by Crippen LogP contribution is -2.16. The van der Waals surface area contributed by atoms with Crippen LogP contribution in [0.25, 0.3) is 17.1 Å². The normalized spacial score (nSPS) is 13.2. The Morgan fingerprint density at radius 3 is 3.08 bits per heavy atom. The molecule has 0 spiro atoms. The summed E-state index contributed by atoms with van der Waals surface area (Å²) in [5, 5.41) is 16.3. The third-order valence-corrected chi connectivity index (χ3v) is 4.51. The van der Waals surface area contributed by atoms with Crippen molar-refractivity contribution in [3.8, 4) is 17.1 Å². The minimum atomic E-state index is 0.0754. The molecule has 1 aliphatic rings. The highest BCUT2D eigenvalue weighted by molar-refractivity contribution is 9.10. The summed E-state index contributed by atoms with van der Waals surface area (Å²) in [4.78, 5) is 9.02. The van der Waals surface area contributed by atoms with Gasteiger partial charge in [-0.1, -0.05) is 21.1 Å². The lowest BCUT2D eigenvalue weighted by Gasteiger charge is -2.08. The second kappa shape index (κ2) is 5.45. The summed E-state index contributed by atoms with van der Waals surface area (Å²) in [6.45, 7) is 2.53. The number of nitrogens with two attached hydrogens (primary N) is 1. The predicted molar refractivity (Wildman–Crippen MR) is 91.2 cm³/mol. The Morgan fingerprint density at radius 2 is 2.29 bits per heavy atom. The van der Waals surface area contributed by atoms with Crippen LogP contribution in [0.2, 0.25) is 0 Å². The maximum atomic E-state index is 8.76. The average molecular weight is 388 g/mol. The molecule has 4 rings (SSSR count). The molecule has 24 heavy (non-hydrogen) atoms. The molecule has 3 heterocycles. The summed E-state index contributed by atoms with van der Waals surface area (Å²) in [7, 11) is 0. The molecule has 0 atom stereocenters. The number of benzene rings is 1. The molecule has 0 aliphatic carbocycles. The molecular weight excluding hydrogens is 374 g/mol. The summed E-state index contributed by atoms with van der Waals surface area (Å²) < 4.78 is 4.85. The van der Waals surface area contributed by atoms with Crippen LogP contribution in [0.1, 0.15) is 17.2 Å². The fraction of sp³-hybridized carbons (Fsp3) is 0.200. The second-order valence-corrected chi connectivity index (χ2v) is 6.50. The van der Waals surface area contributed by atoms with E-state index in [0.717, 1.165) is 32.9 Å². The first-order chi connectivity index (χ1) is 11.6. The van der Waals surface area contributed by atoms with Crippen LogP contribution < -0.4 is 5.73 Å². The van der Waals surface area contributed by atoms with Crippen LogP contribution in [0.4, 0.5) is 0 Å². The molecule has 3 N–H and O–H groups in total. The molecule has 3 aromatic rings. The van der Waals surface area contributed by atoms with Gasteiger partial charge < -0.3 is 15.5 Å². The Kier molecular flexibility index (Phi) is 3.38. The fourth-order valence-corrected chi connectivity index (χ4v) is 3.23. The van der Waals surface area contributed by atoms with Crippen molar-refractivity contribution in [1.82, 2.24) is 24.3 Å². The maximum absolute atomic E-state index is 8.76. The minimum Gasteiger partial charge on any atom is -0.409 e. The van der Waals surface area contributed by atoms with E-state index in [1.807, 2.05) is 36.1 Å². The zero-order valence-corrected chi connectivity index (χ0v) is 14.4. The highest BCUT2D eigenvalue weighted by Crippen LogP contribution is 2.33. The second-order valence-electron chi connectivity index (χ2n) is 5.59. The SMILES string of the molecule is Cc1ncn2c1Cn1nc(C/C(N)=N/O)nc1-c1cc(Br)ccc1-2. The van der Waals surface area contributed by atoms with Crippen LogP contribution >= 0.6 is 15.9 Å². The summed E-state index contributed by atoms with van der Waals surface area (Å²) in [6.07, 6.45) is 2.01. The topological polar surface area (TPSA) is 107 Å². The van der Waals surface area contributed by atoms with Crippen LogP contribution in [0.3, 0.4) is 0 Å². The highest BCUT2D eigenvalue weighted by Gasteiger charge is 2.24. The largest absolute Gasteiger partial charge is 0.409 e. The number of aryl methyl sites for hydroxylation is 1. The van der Waals surface area contributed by atoms with Crippen LogP contribution in [0.5, 0.6) is 0 Å². The smallest absolute Gasteiger partial charge is 0.160 e. The molecule has 1 aromatic carbocycles. The number of aromatic nitrogens is 5. The van der Waals surface area contributed by atoms with Crippen molar-refractivity contribution in [3.05, 3.63) is 46.2 Å². The van der Waals surface area contributed by atoms with Crippen LogP contribution in [-0.2, 0) is 13.0 Å². The van der Waals surface area contributed by atoms with Gasteiger partial charge >= 0.3 is 0 Å². The third kappa shape index (κ3) is 2.28. The number of hydrogen-bond acceptors (Lipinski definition) is 5. The summed E-state index contributed by atoms with van der Waals surface area (Å²) in [5.41, 5.74) is 9.53. The van der Waals surface area contributed by atoms with E-state index in [2.05, 4.69) is 40.7 Å². The van der Waals surface area contributed by atoms with Gasteiger partial charge in [0.15, 0.2) is 11.6 Å². The molecule has 0 bridgehead atoms. The van der Waals surface area contributed by atoms with E-state index in [9.17, 15) is 0 Å². The molecule has 0 saturated heterocycles. The first kappa shape index (κ1) is 14.9. The standard InChI is InChI=1S/C15H14BrN7O/c1-8-12-6-23-15(19-14(20-23)5-13(17)21-24)10-4-9(16)2-3-11(10)22(12)7-18-8/h2-4,7,24H,5-6H2,1H3,(H2,17,21). The van der Waals surface area contributed by atoms with Gasteiger partial charge in [-0.3, -0.25) is 0 Å². The molecule has 0 fully saturated rings. The monoisotopic (exact) mass is 387 g/mol. The van der Waals surface area contributed by atoms with E-state index >= 15 is 0 Å². The van der Waals surface area contributed by atoms with Gasteiger partial charge in [-0.15, -0.1) is 0 Å². The van der Waals surface area contributed by atoms with Gasteiger partial charge in [0.05, 0.1) is 36.4 Å². The molecule has 122 valence electrons. The van der Waals surface area contributed by atoms with E-state index in [1.165, 1.54) is 0 Å². The lowest BCUT2D eigenvalue weighted by molar-refractivity contribution is 0.317. The number of imidazole rings is 1. The zero-order chi connectivity index (χ0) is 16.8. The van der Waals surface area contributed by atoms with E-state index in [-0.39, 0.29) is 12.3 Å².